The van der Waals surface area contributed by atoms with Crippen molar-refractivity contribution in [2.24, 2.45) is 0 Å². The van der Waals surface area contributed by atoms with Crippen molar-refractivity contribution in [2.45, 2.75) is 25.3 Å². The topological polar surface area (TPSA) is 105 Å². The summed E-state index contributed by atoms with van der Waals surface area (Å²) in [7, 11) is 0. The second-order valence-corrected chi connectivity index (χ2v) is 7.72. The van der Waals surface area contributed by atoms with Gasteiger partial charge in [0.1, 0.15) is 10.8 Å². The zero-order valence-corrected chi connectivity index (χ0v) is 15.4. The Morgan fingerprint density at radius 3 is 2.75 bits per heavy atom. The molecule has 0 unspecified atom stereocenters. The van der Waals surface area contributed by atoms with E-state index in [2.05, 4.69) is 15.5 Å². The molecule has 2 aliphatic rings. The molecule has 1 aliphatic heterocycles. The predicted octanol–water partition coefficient (Wildman–Crippen LogP) is 3.06. The summed E-state index contributed by atoms with van der Waals surface area (Å²) in [5.74, 6) is -0.271. The van der Waals surface area contributed by atoms with Gasteiger partial charge in [-0.2, -0.15) is 0 Å². The molecule has 0 saturated heterocycles. The molecule has 140 valence electrons. The number of nitrogens with zero attached hydrogens (tertiary/aromatic N) is 3. The van der Waals surface area contributed by atoms with E-state index >= 15 is 0 Å². The number of amides is 3. The Balaban J connectivity index is 1.35. The molecule has 8 nitrogen and oxygen atoms in total. The van der Waals surface area contributed by atoms with Gasteiger partial charge in [-0.15, -0.1) is 10.2 Å². The summed E-state index contributed by atoms with van der Waals surface area (Å²) in [5.41, 5.74) is 0.767. The molecule has 1 aliphatic carbocycles. The fourth-order valence-electron chi connectivity index (χ4n) is 3.08. The molecule has 5 rings (SSSR count). The van der Waals surface area contributed by atoms with Gasteiger partial charge in [-0.1, -0.05) is 11.3 Å². The molecule has 3 aromatic rings. The number of fused-ring (bicyclic) bond motifs is 1. The highest BCUT2D eigenvalue weighted by Gasteiger charge is 2.36. The van der Waals surface area contributed by atoms with E-state index in [0.717, 1.165) is 22.7 Å². The molecule has 0 bridgehead atoms. The molecular weight excluding hydrogens is 380 g/mol. The van der Waals surface area contributed by atoms with E-state index in [1.165, 1.54) is 35.8 Å². The quantitative estimate of drug-likeness (QED) is 0.667. The van der Waals surface area contributed by atoms with Crippen LogP contribution in [0.2, 0.25) is 0 Å². The molecule has 3 amide bonds. The summed E-state index contributed by atoms with van der Waals surface area (Å²) in [6, 6.07) is 7.86. The van der Waals surface area contributed by atoms with Gasteiger partial charge < -0.3 is 4.42 Å². The van der Waals surface area contributed by atoms with Crippen LogP contribution in [0.15, 0.2) is 41.0 Å². The summed E-state index contributed by atoms with van der Waals surface area (Å²) >= 11 is 1.36. The maximum Gasteiger partial charge on any atom is 0.261 e. The van der Waals surface area contributed by atoms with Gasteiger partial charge in [-0.05, 0) is 43.2 Å². The molecule has 9 heteroatoms. The lowest BCUT2D eigenvalue weighted by atomic mass is 10.1. The molecule has 28 heavy (non-hydrogen) atoms. The molecule has 1 aromatic carbocycles. The molecule has 2 aromatic heterocycles. The third kappa shape index (κ3) is 2.89. The van der Waals surface area contributed by atoms with E-state index in [9.17, 15) is 14.4 Å². The third-order valence-electron chi connectivity index (χ3n) is 4.71. The van der Waals surface area contributed by atoms with E-state index in [4.69, 9.17) is 4.42 Å². The highest BCUT2D eigenvalue weighted by Crippen LogP contribution is 2.42. The Kier molecular flexibility index (Phi) is 3.83. The van der Waals surface area contributed by atoms with E-state index in [0.29, 0.717) is 16.8 Å². The van der Waals surface area contributed by atoms with Crippen molar-refractivity contribution >= 4 is 34.2 Å². The van der Waals surface area contributed by atoms with Gasteiger partial charge in [0, 0.05) is 11.5 Å². The van der Waals surface area contributed by atoms with Crippen molar-refractivity contribution in [3.63, 3.8) is 0 Å². The number of rotatable bonds is 5. The second-order valence-electron chi connectivity index (χ2n) is 6.71. The maximum atomic E-state index is 12.7. The summed E-state index contributed by atoms with van der Waals surface area (Å²) in [6.07, 6.45) is 3.70. The second kappa shape index (κ2) is 6.38. The lowest BCUT2D eigenvalue weighted by Crippen LogP contribution is -2.28. The summed E-state index contributed by atoms with van der Waals surface area (Å²) in [6.45, 7) is 0.0512. The Hall–Kier alpha value is -3.33. The SMILES string of the molecule is O=C(Nc1nnc(C2CC2)s1)c1ccc2c(c1)C(=O)N(Cc1ccco1)C2=O. The minimum absolute atomic E-state index is 0.0512. The number of nitrogens with one attached hydrogen (secondary N) is 1. The molecule has 3 heterocycles. The van der Waals surface area contributed by atoms with Crippen LogP contribution in [-0.2, 0) is 6.54 Å². The van der Waals surface area contributed by atoms with Gasteiger partial charge in [0.15, 0.2) is 0 Å². The Bertz CT molecular complexity index is 1100. The molecular formula is C19H14N4O4S. The highest BCUT2D eigenvalue weighted by atomic mass is 32.1. The van der Waals surface area contributed by atoms with Gasteiger partial charge in [0.2, 0.25) is 5.13 Å². The average molecular weight is 394 g/mol. The summed E-state index contributed by atoms with van der Waals surface area (Å²) < 4.78 is 5.22. The predicted molar refractivity (Wildman–Crippen MR) is 99.2 cm³/mol. The van der Waals surface area contributed by atoms with Gasteiger partial charge in [-0.25, -0.2) is 0 Å². The van der Waals surface area contributed by atoms with Crippen LogP contribution in [-0.4, -0.2) is 32.8 Å². The Labute approximate surface area is 163 Å². The van der Waals surface area contributed by atoms with Crippen LogP contribution >= 0.6 is 11.3 Å². The minimum Gasteiger partial charge on any atom is -0.467 e. The maximum absolute atomic E-state index is 12.7. The number of hydrogen-bond donors (Lipinski definition) is 1. The van der Waals surface area contributed by atoms with Crippen molar-refractivity contribution in [1.82, 2.24) is 15.1 Å². The number of benzene rings is 1. The monoisotopic (exact) mass is 394 g/mol. The third-order valence-corrected chi connectivity index (χ3v) is 5.72. The average Bonchev–Trinajstić information content (AvgIpc) is 3.13. The first-order valence-electron chi connectivity index (χ1n) is 8.77. The van der Waals surface area contributed by atoms with Crippen LogP contribution in [0.3, 0.4) is 0 Å². The van der Waals surface area contributed by atoms with Crippen LogP contribution in [0.5, 0.6) is 0 Å². The lowest BCUT2D eigenvalue weighted by molar-refractivity contribution is 0.0631. The number of hydrogen-bond acceptors (Lipinski definition) is 7. The molecule has 1 fully saturated rings. The number of carbonyl (C=O) groups excluding carboxylic acids is 3. The van der Waals surface area contributed by atoms with E-state index < -0.39 is 17.7 Å². The highest BCUT2D eigenvalue weighted by molar-refractivity contribution is 7.15. The van der Waals surface area contributed by atoms with Gasteiger partial charge >= 0.3 is 0 Å². The zero-order valence-electron chi connectivity index (χ0n) is 14.5. The first kappa shape index (κ1) is 16.8. The number of imide groups is 1. The van der Waals surface area contributed by atoms with Gasteiger partial charge in [0.25, 0.3) is 17.7 Å². The standard InChI is InChI=1S/C19H14N4O4S/c24-15(20-19-22-21-16(28-19)10-3-4-10)11-5-6-13-14(8-11)18(26)23(17(13)25)9-12-2-1-7-27-12/h1-2,5-8,10H,3-4,9H2,(H,20,22,24). The van der Waals surface area contributed by atoms with Crippen LogP contribution in [0, 0.1) is 0 Å². The van der Waals surface area contributed by atoms with Crippen molar-refractivity contribution in [1.29, 1.82) is 0 Å². The number of furan rings is 1. The first-order chi connectivity index (χ1) is 13.6. The summed E-state index contributed by atoms with van der Waals surface area (Å²) in [5, 5.41) is 12.1. The minimum atomic E-state index is -0.446. The van der Waals surface area contributed by atoms with Crippen LogP contribution < -0.4 is 5.32 Å². The van der Waals surface area contributed by atoms with Crippen molar-refractivity contribution in [3.8, 4) is 0 Å². The number of aromatic nitrogens is 2. The fraction of sp³-hybridized carbons (Fsp3) is 0.211. The fourth-order valence-corrected chi connectivity index (χ4v) is 3.99. The van der Waals surface area contributed by atoms with Crippen LogP contribution in [0.1, 0.15) is 60.6 Å². The normalized spacial score (nSPS) is 15.8. The van der Waals surface area contributed by atoms with Crippen LogP contribution in [0.4, 0.5) is 5.13 Å². The molecule has 0 spiro atoms. The first-order valence-corrected chi connectivity index (χ1v) is 9.59. The zero-order chi connectivity index (χ0) is 19.3. The van der Waals surface area contributed by atoms with Crippen LogP contribution in [0.25, 0.3) is 0 Å². The smallest absolute Gasteiger partial charge is 0.261 e. The summed E-state index contributed by atoms with van der Waals surface area (Å²) in [4.78, 5) is 38.8. The van der Waals surface area contributed by atoms with Crippen molar-refractivity contribution in [2.75, 3.05) is 5.32 Å². The van der Waals surface area contributed by atoms with E-state index in [1.54, 1.807) is 12.1 Å². The largest absolute Gasteiger partial charge is 0.467 e. The van der Waals surface area contributed by atoms with Crippen molar-refractivity contribution in [3.05, 3.63) is 64.1 Å². The number of carbonyl (C=O) groups is 3. The Morgan fingerprint density at radius 2 is 2.00 bits per heavy atom. The molecule has 1 saturated carbocycles. The number of anilines is 1. The van der Waals surface area contributed by atoms with Gasteiger partial charge in [0.05, 0.1) is 23.9 Å². The van der Waals surface area contributed by atoms with E-state index in [-0.39, 0.29) is 23.2 Å². The van der Waals surface area contributed by atoms with E-state index in [1.807, 2.05) is 0 Å². The van der Waals surface area contributed by atoms with Crippen molar-refractivity contribution < 1.29 is 18.8 Å². The molecule has 1 N–H and O–H groups in total. The molecule has 0 atom stereocenters. The lowest BCUT2D eigenvalue weighted by Gasteiger charge is -2.11. The Morgan fingerprint density at radius 1 is 1.18 bits per heavy atom. The molecule has 0 radical (unpaired) electrons. The van der Waals surface area contributed by atoms with Gasteiger partial charge in [-0.3, -0.25) is 24.6 Å².